The summed E-state index contributed by atoms with van der Waals surface area (Å²) in [7, 11) is 6.05. The predicted molar refractivity (Wildman–Crippen MR) is 132 cm³/mol. The van der Waals surface area contributed by atoms with Gasteiger partial charge in [0.05, 0.1) is 34.0 Å². The molecular weight excluding hydrogens is 452 g/mol. The molecule has 1 aliphatic heterocycles. The van der Waals surface area contributed by atoms with Crippen molar-refractivity contribution >= 4 is 23.6 Å². The van der Waals surface area contributed by atoms with Gasteiger partial charge in [0.2, 0.25) is 5.91 Å². The van der Waals surface area contributed by atoms with Crippen LogP contribution in [0.3, 0.4) is 0 Å². The molecule has 0 fully saturated rings. The van der Waals surface area contributed by atoms with Gasteiger partial charge in [-0.15, -0.1) is 0 Å². The molecule has 9 nitrogen and oxygen atoms in total. The first-order chi connectivity index (χ1) is 17.0. The molecule has 9 heteroatoms. The van der Waals surface area contributed by atoms with Gasteiger partial charge in [-0.1, -0.05) is 12.2 Å². The molecule has 35 heavy (non-hydrogen) atoms. The fourth-order valence-corrected chi connectivity index (χ4v) is 3.32. The van der Waals surface area contributed by atoms with Crippen molar-refractivity contribution in [3.05, 3.63) is 66.4 Å². The number of benzene rings is 2. The molecule has 0 saturated heterocycles. The second-order valence-electron chi connectivity index (χ2n) is 7.31. The summed E-state index contributed by atoms with van der Waals surface area (Å²) in [4.78, 5) is 26.8. The summed E-state index contributed by atoms with van der Waals surface area (Å²) in [6.45, 7) is 0.698. The van der Waals surface area contributed by atoms with Crippen LogP contribution in [0.15, 0.2) is 60.8 Å². The van der Waals surface area contributed by atoms with E-state index >= 15 is 0 Å². The van der Waals surface area contributed by atoms with E-state index in [0.717, 1.165) is 0 Å². The lowest BCUT2D eigenvalue weighted by atomic mass is 10.1. The largest absolute Gasteiger partial charge is 0.496 e. The number of carbonyl (C=O) groups is 2. The highest BCUT2D eigenvalue weighted by atomic mass is 16.6. The Morgan fingerprint density at radius 1 is 0.914 bits per heavy atom. The highest BCUT2D eigenvalue weighted by Gasteiger charge is 2.15. The number of amides is 1. The van der Waals surface area contributed by atoms with Gasteiger partial charge in [0, 0.05) is 36.5 Å². The monoisotopic (exact) mass is 480 g/mol. The molecule has 0 atom stereocenters. The Hall–Kier alpha value is -4.40. The number of hydrogen-bond donors (Lipinski definition) is 1. The molecule has 1 heterocycles. The van der Waals surface area contributed by atoms with Crippen LogP contribution in [0.5, 0.6) is 28.7 Å². The van der Waals surface area contributed by atoms with Crippen LogP contribution in [0, 0.1) is 0 Å². The highest BCUT2D eigenvalue weighted by molar-refractivity contribution is 6.02. The summed E-state index contributed by atoms with van der Waals surface area (Å²) in [5.74, 6) is 1.25. The van der Waals surface area contributed by atoms with Gasteiger partial charge in [0.25, 0.3) is 0 Å². The molecule has 184 valence electrons. The Balaban J connectivity index is 1.71. The fourth-order valence-electron chi connectivity index (χ4n) is 3.32. The number of methoxy groups -OCH3 is 4. The normalized spacial score (nSPS) is 12.4. The van der Waals surface area contributed by atoms with Gasteiger partial charge in [0.15, 0.2) is 11.5 Å². The van der Waals surface area contributed by atoms with Crippen molar-refractivity contribution in [3.8, 4) is 28.7 Å². The number of nitrogens with one attached hydrogen (secondary N) is 1. The summed E-state index contributed by atoms with van der Waals surface area (Å²) in [5, 5.41) is 2.75. The van der Waals surface area contributed by atoms with E-state index in [4.69, 9.17) is 23.7 Å². The second-order valence-corrected chi connectivity index (χ2v) is 7.31. The van der Waals surface area contributed by atoms with Crippen LogP contribution in [0.4, 0.5) is 5.69 Å². The molecular formula is C26H28N2O7. The molecule has 1 amide bonds. The van der Waals surface area contributed by atoms with Gasteiger partial charge in [-0.05, 0) is 30.5 Å². The quantitative estimate of drug-likeness (QED) is 0.313. The van der Waals surface area contributed by atoms with Crippen molar-refractivity contribution in [1.82, 2.24) is 4.90 Å². The fraction of sp³-hybridized carbons (Fsp3) is 0.231. The Morgan fingerprint density at radius 3 is 2.23 bits per heavy atom. The first kappa shape index (κ1) is 25.2. The van der Waals surface area contributed by atoms with Gasteiger partial charge < -0.3 is 33.9 Å². The molecule has 0 radical (unpaired) electrons. The number of rotatable bonds is 10. The molecule has 3 rings (SSSR count). The van der Waals surface area contributed by atoms with Crippen molar-refractivity contribution in [3.63, 3.8) is 0 Å². The van der Waals surface area contributed by atoms with Crippen LogP contribution < -0.4 is 29.0 Å². The second kappa shape index (κ2) is 12.2. The van der Waals surface area contributed by atoms with E-state index in [1.165, 1.54) is 33.5 Å². The number of anilines is 1. The van der Waals surface area contributed by atoms with Gasteiger partial charge >= 0.3 is 5.97 Å². The van der Waals surface area contributed by atoms with Gasteiger partial charge in [-0.2, -0.15) is 0 Å². The lowest BCUT2D eigenvalue weighted by Gasteiger charge is -2.19. The lowest BCUT2D eigenvalue weighted by molar-refractivity contribution is -0.135. The zero-order valence-electron chi connectivity index (χ0n) is 20.1. The molecule has 0 aromatic heterocycles. The van der Waals surface area contributed by atoms with E-state index in [1.807, 2.05) is 29.3 Å². The number of nitrogens with zero attached hydrogens (tertiary/aromatic N) is 1. The molecule has 0 bridgehead atoms. The highest BCUT2D eigenvalue weighted by Crippen LogP contribution is 2.35. The lowest BCUT2D eigenvalue weighted by Crippen LogP contribution is -2.29. The molecule has 0 saturated carbocycles. The third-order valence-corrected chi connectivity index (χ3v) is 5.03. The van der Waals surface area contributed by atoms with Crippen LogP contribution in [0.25, 0.3) is 6.08 Å². The molecule has 0 unspecified atom stereocenters. The Labute approximate surface area is 204 Å². The number of ether oxygens (including phenoxy) is 5. The maximum Gasteiger partial charge on any atom is 0.331 e. The van der Waals surface area contributed by atoms with Crippen LogP contribution >= 0.6 is 0 Å². The standard InChI is InChI=1S/C26H28N2O7/c1-31-19-15-22(33-3)20(23(16-19)34-4)9-11-25(29)27-18-8-10-21(32-2)24(14-18)35-26(30)17-28-12-6-5-7-13-28/h5-12,14-16H,13,17H2,1-4H3,(H,27,29). The summed E-state index contributed by atoms with van der Waals surface area (Å²) >= 11 is 0. The van der Waals surface area contributed by atoms with Crippen molar-refractivity contribution in [2.75, 3.05) is 46.8 Å². The van der Waals surface area contributed by atoms with Gasteiger partial charge in [-0.3, -0.25) is 4.79 Å². The first-order valence-corrected chi connectivity index (χ1v) is 10.7. The minimum Gasteiger partial charge on any atom is -0.496 e. The van der Waals surface area contributed by atoms with Crippen LogP contribution in [0.2, 0.25) is 0 Å². The van der Waals surface area contributed by atoms with Crippen molar-refractivity contribution in [2.24, 2.45) is 0 Å². The number of allylic oxidation sites excluding steroid dienone is 2. The molecule has 1 N–H and O–H groups in total. The summed E-state index contributed by atoms with van der Waals surface area (Å²) in [6.07, 6.45) is 10.4. The number of esters is 1. The van der Waals surface area contributed by atoms with E-state index < -0.39 is 11.9 Å². The van der Waals surface area contributed by atoms with Crippen LogP contribution in [-0.2, 0) is 9.59 Å². The van der Waals surface area contributed by atoms with Crippen molar-refractivity contribution in [2.45, 2.75) is 0 Å². The van der Waals surface area contributed by atoms with E-state index in [-0.39, 0.29) is 12.3 Å². The van der Waals surface area contributed by atoms with Crippen molar-refractivity contribution < 1.29 is 33.3 Å². The van der Waals surface area contributed by atoms with E-state index in [1.54, 1.807) is 37.5 Å². The predicted octanol–water partition coefficient (Wildman–Crippen LogP) is 3.66. The smallest absolute Gasteiger partial charge is 0.331 e. The summed E-state index contributed by atoms with van der Waals surface area (Å²) < 4.78 is 26.8. The average Bonchev–Trinajstić information content (AvgIpc) is 2.87. The zero-order chi connectivity index (χ0) is 25.2. The molecule has 0 spiro atoms. The average molecular weight is 481 g/mol. The van der Waals surface area contributed by atoms with Crippen molar-refractivity contribution in [1.29, 1.82) is 0 Å². The first-order valence-electron chi connectivity index (χ1n) is 10.7. The van der Waals surface area contributed by atoms with Gasteiger partial charge in [0.1, 0.15) is 23.8 Å². The molecule has 1 aliphatic rings. The van der Waals surface area contributed by atoms with E-state index in [0.29, 0.717) is 40.8 Å². The third kappa shape index (κ3) is 6.80. The summed E-state index contributed by atoms with van der Waals surface area (Å²) in [6, 6.07) is 8.18. The minimum atomic E-state index is -0.453. The van der Waals surface area contributed by atoms with E-state index in [9.17, 15) is 9.59 Å². The Morgan fingerprint density at radius 2 is 1.63 bits per heavy atom. The maximum atomic E-state index is 12.6. The number of hydrogen-bond acceptors (Lipinski definition) is 8. The minimum absolute atomic E-state index is 0.0782. The number of carbonyl (C=O) groups excluding carboxylic acids is 2. The maximum absolute atomic E-state index is 12.6. The SMILES string of the molecule is COc1cc(OC)c(C=CC(=O)Nc2ccc(OC)c(OC(=O)CN3C=CC=CC3)c2)c(OC)c1. The zero-order valence-corrected chi connectivity index (χ0v) is 20.1. The molecule has 2 aromatic carbocycles. The van der Waals surface area contributed by atoms with E-state index in [2.05, 4.69) is 5.32 Å². The Kier molecular flexibility index (Phi) is 8.77. The third-order valence-electron chi connectivity index (χ3n) is 5.03. The van der Waals surface area contributed by atoms with Crippen LogP contribution in [0.1, 0.15) is 5.56 Å². The molecule has 2 aromatic rings. The summed E-state index contributed by atoms with van der Waals surface area (Å²) in [5.41, 5.74) is 1.01. The Bertz CT molecular complexity index is 1130. The van der Waals surface area contributed by atoms with Crippen LogP contribution in [-0.4, -0.2) is 58.3 Å². The van der Waals surface area contributed by atoms with Gasteiger partial charge in [-0.25, -0.2) is 4.79 Å². The molecule has 0 aliphatic carbocycles. The topological polar surface area (TPSA) is 95.6 Å².